The third-order valence-electron chi connectivity index (χ3n) is 3.18. The van der Waals surface area contributed by atoms with Gasteiger partial charge in [-0.25, -0.2) is 4.68 Å². The van der Waals surface area contributed by atoms with Gasteiger partial charge in [-0.2, -0.15) is 5.10 Å². The van der Waals surface area contributed by atoms with E-state index in [0.717, 1.165) is 25.2 Å². The Morgan fingerprint density at radius 2 is 1.95 bits per heavy atom. The second-order valence-electron chi connectivity index (χ2n) is 5.13. The average Bonchev–Trinajstić information content (AvgIpc) is 2.84. The molecular weight excluding hydrogens is 234 g/mol. The molecule has 1 heterocycles. The van der Waals surface area contributed by atoms with Crippen LogP contribution in [0.25, 0.3) is 5.69 Å². The fourth-order valence-corrected chi connectivity index (χ4v) is 2.32. The van der Waals surface area contributed by atoms with Crippen molar-refractivity contribution in [2.45, 2.75) is 39.7 Å². The van der Waals surface area contributed by atoms with Gasteiger partial charge in [0.05, 0.1) is 17.6 Å². The molecule has 2 aromatic rings. The molecule has 0 amide bonds. The van der Waals surface area contributed by atoms with Crippen LogP contribution >= 0.6 is 0 Å². The summed E-state index contributed by atoms with van der Waals surface area (Å²) in [7, 11) is 0. The molecule has 0 bridgehead atoms. The van der Waals surface area contributed by atoms with Gasteiger partial charge in [0.25, 0.3) is 0 Å². The molecule has 102 valence electrons. The van der Waals surface area contributed by atoms with Crippen molar-refractivity contribution in [2.75, 3.05) is 6.54 Å². The van der Waals surface area contributed by atoms with Crippen LogP contribution in [0.3, 0.4) is 0 Å². The molecule has 1 N–H and O–H groups in total. The normalized spacial score (nSPS) is 11.2. The van der Waals surface area contributed by atoms with Crippen molar-refractivity contribution in [2.24, 2.45) is 0 Å². The number of benzene rings is 1. The van der Waals surface area contributed by atoms with Gasteiger partial charge in [0.15, 0.2) is 0 Å². The highest BCUT2D eigenvalue weighted by atomic mass is 15.3. The molecule has 0 spiro atoms. The number of hydrogen-bond donors (Lipinski definition) is 1. The first-order valence-corrected chi connectivity index (χ1v) is 7.07. The summed E-state index contributed by atoms with van der Waals surface area (Å²) >= 11 is 0. The number of hydrogen-bond acceptors (Lipinski definition) is 2. The molecule has 0 unspecified atom stereocenters. The minimum absolute atomic E-state index is 0.459. The fraction of sp³-hybridized carbons (Fsp3) is 0.438. The van der Waals surface area contributed by atoms with Crippen LogP contribution in [0, 0.1) is 0 Å². The third-order valence-corrected chi connectivity index (χ3v) is 3.18. The summed E-state index contributed by atoms with van der Waals surface area (Å²) in [6.07, 6.45) is 3.15. The molecule has 1 aromatic heterocycles. The summed E-state index contributed by atoms with van der Waals surface area (Å²) in [4.78, 5) is 0. The molecule has 3 heteroatoms. The van der Waals surface area contributed by atoms with E-state index in [0.29, 0.717) is 5.92 Å². The second kappa shape index (κ2) is 6.53. The maximum atomic E-state index is 4.56. The summed E-state index contributed by atoms with van der Waals surface area (Å²) in [6, 6.07) is 10.3. The molecule has 0 radical (unpaired) electrons. The molecule has 1 aromatic carbocycles. The summed E-state index contributed by atoms with van der Waals surface area (Å²) in [6.45, 7) is 8.57. The Labute approximate surface area is 115 Å². The number of nitrogens with one attached hydrogen (secondary N) is 1. The SMILES string of the molecule is CCCNCc1cnn(-c2ccccc2)c1C(C)C. The van der Waals surface area contributed by atoms with Crippen molar-refractivity contribution in [1.29, 1.82) is 0 Å². The Kier molecular flexibility index (Phi) is 4.74. The highest BCUT2D eigenvalue weighted by Gasteiger charge is 2.14. The van der Waals surface area contributed by atoms with Crippen molar-refractivity contribution in [3.8, 4) is 5.69 Å². The Morgan fingerprint density at radius 1 is 1.21 bits per heavy atom. The number of para-hydroxylation sites is 1. The lowest BCUT2D eigenvalue weighted by Gasteiger charge is -2.13. The van der Waals surface area contributed by atoms with E-state index < -0.39 is 0 Å². The summed E-state index contributed by atoms with van der Waals surface area (Å²) < 4.78 is 2.06. The standard InChI is InChI=1S/C16H23N3/c1-4-10-17-11-14-12-18-19(16(14)13(2)3)15-8-6-5-7-9-15/h5-9,12-13,17H,4,10-11H2,1-3H3. The number of nitrogens with zero attached hydrogens (tertiary/aromatic N) is 2. The van der Waals surface area contributed by atoms with Crippen LogP contribution in [0.15, 0.2) is 36.5 Å². The molecule has 0 aliphatic heterocycles. The van der Waals surface area contributed by atoms with Crippen LogP contribution in [-0.4, -0.2) is 16.3 Å². The van der Waals surface area contributed by atoms with E-state index in [1.54, 1.807) is 0 Å². The first kappa shape index (κ1) is 13.8. The van der Waals surface area contributed by atoms with Gasteiger partial charge in [0, 0.05) is 12.1 Å². The fourth-order valence-electron chi connectivity index (χ4n) is 2.32. The Hall–Kier alpha value is -1.61. The zero-order valence-corrected chi connectivity index (χ0v) is 12.1. The quantitative estimate of drug-likeness (QED) is 0.803. The number of aromatic nitrogens is 2. The van der Waals surface area contributed by atoms with Gasteiger partial charge in [-0.05, 0) is 31.0 Å². The zero-order valence-electron chi connectivity index (χ0n) is 12.1. The summed E-state index contributed by atoms with van der Waals surface area (Å²) in [5.74, 6) is 0.459. The summed E-state index contributed by atoms with van der Waals surface area (Å²) in [5.41, 5.74) is 3.73. The molecule has 0 saturated heterocycles. The van der Waals surface area contributed by atoms with Gasteiger partial charge in [-0.15, -0.1) is 0 Å². The first-order chi connectivity index (χ1) is 9.24. The monoisotopic (exact) mass is 257 g/mol. The van der Waals surface area contributed by atoms with Crippen LogP contribution in [0.5, 0.6) is 0 Å². The first-order valence-electron chi connectivity index (χ1n) is 7.07. The van der Waals surface area contributed by atoms with Gasteiger partial charge in [0.1, 0.15) is 0 Å². The Balaban J connectivity index is 2.30. The Morgan fingerprint density at radius 3 is 2.58 bits per heavy atom. The van der Waals surface area contributed by atoms with E-state index in [-0.39, 0.29) is 0 Å². The van der Waals surface area contributed by atoms with Crippen LogP contribution in [0.2, 0.25) is 0 Å². The van der Waals surface area contributed by atoms with Crippen molar-refractivity contribution in [3.63, 3.8) is 0 Å². The maximum absolute atomic E-state index is 4.56. The van der Waals surface area contributed by atoms with Crippen LogP contribution < -0.4 is 5.32 Å². The van der Waals surface area contributed by atoms with Crippen molar-refractivity contribution in [1.82, 2.24) is 15.1 Å². The van der Waals surface area contributed by atoms with E-state index in [9.17, 15) is 0 Å². The van der Waals surface area contributed by atoms with Crippen LogP contribution in [-0.2, 0) is 6.54 Å². The van der Waals surface area contributed by atoms with Crippen molar-refractivity contribution < 1.29 is 0 Å². The zero-order chi connectivity index (χ0) is 13.7. The minimum atomic E-state index is 0.459. The van der Waals surface area contributed by atoms with E-state index in [1.807, 2.05) is 12.3 Å². The molecule has 0 aliphatic carbocycles. The van der Waals surface area contributed by atoms with E-state index >= 15 is 0 Å². The highest BCUT2D eigenvalue weighted by molar-refractivity contribution is 5.36. The number of rotatable bonds is 6. The second-order valence-corrected chi connectivity index (χ2v) is 5.13. The highest BCUT2D eigenvalue weighted by Crippen LogP contribution is 2.22. The molecule has 19 heavy (non-hydrogen) atoms. The topological polar surface area (TPSA) is 29.9 Å². The largest absolute Gasteiger partial charge is 0.313 e. The maximum Gasteiger partial charge on any atom is 0.0649 e. The molecule has 2 rings (SSSR count). The average molecular weight is 257 g/mol. The van der Waals surface area contributed by atoms with Crippen molar-refractivity contribution >= 4 is 0 Å². The van der Waals surface area contributed by atoms with Gasteiger partial charge in [-0.3, -0.25) is 0 Å². The molecule has 3 nitrogen and oxygen atoms in total. The van der Waals surface area contributed by atoms with Gasteiger partial charge >= 0.3 is 0 Å². The Bertz CT molecular complexity index is 500. The molecule has 0 saturated carbocycles. The lowest BCUT2D eigenvalue weighted by molar-refractivity contribution is 0.658. The van der Waals surface area contributed by atoms with Gasteiger partial charge in [-0.1, -0.05) is 39.0 Å². The lowest BCUT2D eigenvalue weighted by Crippen LogP contribution is -2.15. The van der Waals surface area contributed by atoms with Crippen LogP contribution in [0.1, 0.15) is 44.4 Å². The molecule has 0 aliphatic rings. The van der Waals surface area contributed by atoms with Crippen molar-refractivity contribution in [3.05, 3.63) is 47.8 Å². The molecule has 0 atom stereocenters. The predicted octanol–water partition coefficient (Wildman–Crippen LogP) is 3.50. The molecular formula is C16H23N3. The smallest absolute Gasteiger partial charge is 0.0649 e. The van der Waals surface area contributed by atoms with Gasteiger partial charge in [0.2, 0.25) is 0 Å². The van der Waals surface area contributed by atoms with Gasteiger partial charge < -0.3 is 5.32 Å². The third kappa shape index (κ3) is 3.24. The predicted molar refractivity (Wildman–Crippen MR) is 79.7 cm³/mol. The van der Waals surface area contributed by atoms with E-state index in [1.165, 1.54) is 11.3 Å². The van der Waals surface area contributed by atoms with Crippen LogP contribution in [0.4, 0.5) is 0 Å². The minimum Gasteiger partial charge on any atom is -0.313 e. The lowest BCUT2D eigenvalue weighted by atomic mass is 10.1. The molecule has 0 fully saturated rings. The van der Waals surface area contributed by atoms with E-state index in [2.05, 4.69) is 60.1 Å². The van der Waals surface area contributed by atoms with E-state index in [4.69, 9.17) is 0 Å². The summed E-state index contributed by atoms with van der Waals surface area (Å²) in [5, 5.41) is 8.02.